The summed E-state index contributed by atoms with van der Waals surface area (Å²) in [7, 11) is 0. The minimum absolute atomic E-state index is 0.0796. The molecule has 6 heteroatoms. The van der Waals surface area contributed by atoms with Crippen LogP contribution < -0.4 is 5.32 Å². The van der Waals surface area contributed by atoms with Gasteiger partial charge in [-0.15, -0.1) is 0 Å². The van der Waals surface area contributed by atoms with E-state index in [0.717, 1.165) is 72.0 Å². The highest BCUT2D eigenvalue weighted by Crippen LogP contribution is 2.06. The molecule has 0 atom stereocenters. The van der Waals surface area contributed by atoms with Crippen molar-refractivity contribution in [3.63, 3.8) is 0 Å². The summed E-state index contributed by atoms with van der Waals surface area (Å²) in [5.41, 5.74) is 1.38. The number of carbonyl (C=O) groups is 1. The van der Waals surface area contributed by atoms with E-state index in [1.54, 1.807) is 0 Å². The minimum Gasteiger partial charge on any atom is -0.379 e. The first-order valence-corrected chi connectivity index (χ1v) is 9.40. The van der Waals surface area contributed by atoms with E-state index < -0.39 is 0 Å². The molecule has 1 aromatic rings. The molecule has 2 fully saturated rings. The summed E-state index contributed by atoms with van der Waals surface area (Å²) in [6, 6.07) is 10.7. The molecular weight excluding hydrogens is 316 g/mol. The van der Waals surface area contributed by atoms with Gasteiger partial charge in [-0.3, -0.25) is 9.80 Å². The molecule has 0 spiro atoms. The van der Waals surface area contributed by atoms with Crippen molar-refractivity contribution >= 4 is 6.03 Å². The maximum Gasteiger partial charge on any atom is 0.317 e. The Hall–Kier alpha value is -1.63. The molecule has 6 nitrogen and oxygen atoms in total. The maximum absolute atomic E-state index is 12.3. The van der Waals surface area contributed by atoms with Crippen molar-refractivity contribution in [1.29, 1.82) is 0 Å². The fourth-order valence-corrected chi connectivity index (χ4v) is 3.36. The molecule has 2 aliphatic rings. The van der Waals surface area contributed by atoms with Crippen LogP contribution in [0.5, 0.6) is 0 Å². The molecule has 1 N–H and O–H groups in total. The fourth-order valence-electron chi connectivity index (χ4n) is 3.36. The van der Waals surface area contributed by atoms with E-state index >= 15 is 0 Å². The Bertz CT molecular complexity index is 511. The lowest BCUT2D eigenvalue weighted by Crippen LogP contribution is -2.53. The average molecular weight is 346 g/mol. The van der Waals surface area contributed by atoms with Gasteiger partial charge in [0.05, 0.1) is 13.2 Å². The van der Waals surface area contributed by atoms with Gasteiger partial charge in [-0.1, -0.05) is 30.3 Å². The summed E-state index contributed by atoms with van der Waals surface area (Å²) >= 11 is 0. The summed E-state index contributed by atoms with van der Waals surface area (Å²) in [5.74, 6) is 0. The Balaban J connectivity index is 1.29. The molecule has 25 heavy (non-hydrogen) atoms. The van der Waals surface area contributed by atoms with Crippen LogP contribution in [0.25, 0.3) is 0 Å². The van der Waals surface area contributed by atoms with Crippen molar-refractivity contribution in [2.24, 2.45) is 0 Å². The van der Waals surface area contributed by atoms with Crippen LogP contribution >= 0.6 is 0 Å². The zero-order chi connectivity index (χ0) is 17.3. The van der Waals surface area contributed by atoms with Gasteiger partial charge in [0.2, 0.25) is 0 Å². The van der Waals surface area contributed by atoms with E-state index in [0.29, 0.717) is 6.54 Å². The third kappa shape index (κ3) is 5.99. The number of ether oxygens (including phenoxy) is 1. The van der Waals surface area contributed by atoms with Crippen LogP contribution in [-0.4, -0.2) is 92.8 Å². The van der Waals surface area contributed by atoms with Gasteiger partial charge in [-0.05, 0) is 12.0 Å². The van der Waals surface area contributed by atoms with Crippen molar-refractivity contribution < 1.29 is 9.53 Å². The van der Waals surface area contributed by atoms with Gasteiger partial charge in [0, 0.05) is 58.9 Å². The van der Waals surface area contributed by atoms with Gasteiger partial charge < -0.3 is 15.0 Å². The Labute approximate surface area is 150 Å². The van der Waals surface area contributed by atoms with Crippen molar-refractivity contribution in [1.82, 2.24) is 20.0 Å². The van der Waals surface area contributed by atoms with E-state index in [4.69, 9.17) is 4.74 Å². The van der Waals surface area contributed by atoms with Gasteiger partial charge in [0.15, 0.2) is 0 Å². The van der Waals surface area contributed by atoms with Crippen LogP contribution in [-0.2, 0) is 11.2 Å². The molecule has 3 rings (SSSR count). The van der Waals surface area contributed by atoms with Crippen molar-refractivity contribution in [3.05, 3.63) is 35.9 Å². The third-order valence-corrected chi connectivity index (χ3v) is 5.03. The molecule has 0 aliphatic carbocycles. The van der Waals surface area contributed by atoms with Crippen LogP contribution in [0.4, 0.5) is 4.79 Å². The van der Waals surface area contributed by atoms with E-state index in [2.05, 4.69) is 45.4 Å². The summed E-state index contributed by atoms with van der Waals surface area (Å²) in [5, 5.41) is 3.06. The molecule has 0 unspecified atom stereocenters. The summed E-state index contributed by atoms with van der Waals surface area (Å²) in [6.07, 6.45) is 1.08. The topological polar surface area (TPSA) is 48.1 Å². The average Bonchev–Trinajstić information content (AvgIpc) is 2.68. The number of hydrogen-bond acceptors (Lipinski definition) is 4. The number of nitrogens with one attached hydrogen (secondary N) is 1. The quantitative estimate of drug-likeness (QED) is 0.831. The van der Waals surface area contributed by atoms with E-state index in [1.165, 1.54) is 5.56 Å². The summed E-state index contributed by atoms with van der Waals surface area (Å²) in [4.78, 5) is 19.0. The number of benzene rings is 1. The Morgan fingerprint density at radius 2 is 1.60 bits per heavy atom. The van der Waals surface area contributed by atoms with E-state index in [-0.39, 0.29) is 6.03 Å². The van der Waals surface area contributed by atoms with Crippen LogP contribution in [0.1, 0.15) is 5.56 Å². The lowest BCUT2D eigenvalue weighted by Gasteiger charge is -2.35. The van der Waals surface area contributed by atoms with Crippen molar-refractivity contribution in [3.8, 4) is 0 Å². The molecule has 2 aliphatic heterocycles. The van der Waals surface area contributed by atoms with Crippen molar-refractivity contribution in [2.75, 3.05) is 72.1 Å². The third-order valence-electron chi connectivity index (χ3n) is 5.03. The zero-order valence-corrected chi connectivity index (χ0v) is 15.0. The molecule has 1 aromatic carbocycles. The smallest absolute Gasteiger partial charge is 0.317 e. The number of hydrogen-bond donors (Lipinski definition) is 1. The van der Waals surface area contributed by atoms with Crippen LogP contribution in [0.2, 0.25) is 0 Å². The lowest BCUT2D eigenvalue weighted by molar-refractivity contribution is 0.0385. The van der Waals surface area contributed by atoms with Gasteiger partial charge in [-0.25, -0.2) is 4.79 Å². The predicted molar refractivity (Wildman–Crippen MR) is 98.8 cm³/mol. The van der Waals surface area contributed by atoms with Gasteiger partial charge in [-0.2, -0.15) is 0 Å². The van der Waals surface area contributed by atoms with Gasteiger partial charge in [0.25, 0.3) is 0 Å². The molecule has 2 amide bonds. The molecule has 0 aromatic heterocycles. The molecule has 0 bridgehead atoms. The van der Waals surface area contributed by atoms with Gasteiger partial charge in [0.1, 0.15) is 0 Å². The Morgan fingerprint density at radius 1 is 0.920 bits per heavy atom. The van der Waals surface area contributed by atoms with Crippen LogP contribution in [0.3, 0.4) is 0 Å². The Morgan fingerprint density at radius 3 is 2.32 bits per heavy atom. The summed E-state index contributed by atoms with van der Waals surface area (Å²) in [6.45, 7) is 9.79. The highest BCUT2D eigenvalue weighted by Gasteiger charge is 2.20. The molecule has 2 saturated heterocycles. The molecule has 2 heterocycles. The van der Waals surface area contributed by atoms with E-state index in [1.807, 2.05) is 4.90 Å². The molecular formula is C19H30N4O2. The highest BCUT2D eigenvalue weighted by atomic mass is 16.5. The first-order valence-electron chi connectivity index (χ1n) is 9.40. The largest absolute Gasteiger partial charge is 0.379 e. The monoisotopic (exact) mass is 346 g/mol. The fraction of sp³-hybridized carbons (Fsp3) is 0.632. The second-order valence-corrected chi connectivity index (χ2v) is 6.75. The number of rotatable bonds is 6. The first kappa shape index (κ1) is 18.2. The van der Waals surface area contributed by atoms with E-state index in [9.17, 15) is 4.79 Å². The zero-order valence-electron chi connectivity index (χ0n) is 15.0. The maximum atomic E-state index is 12.3. The summed E-state index contributed by atoms with van der Waals surface area (Å²) < 4.78 is 5.34. The standard InChI is InChI=1S/C19H30N4O2/c24-19(20-7-9-22-14-16-25-17-15-22)23-12-10-21(11-13-23)8-6-18-4-2-1-3-5-18/h1-5H,6-17H2,(H,20,24). The number of carbonyl (C=O) groups excluding carboxylic acids is 1. The highest BCUT2D eigenvalue weighted by molar-refractivity contribution is 5.74. The van der Waals surface area contributed by atoms with Crippen molar-refractivity contribution in [2.45, 2.75) is 6.42 Å². The number of morpholine rings is 1. The van der Waals surface area contributed by atoms with Gasteiger partial charge >= 0.3 is 6.03 Å². The van der Waals surface area contributed by atoms with Crippen LogP contribution in [0, 0.1) is 0 Å². The minimum atomic E-state index is 0.0796. The molecule has 138 valence electrons. The van der Waals surface area contributed by atoms with Crippen LogP contribution in [0.15, 0.2) is 30.3 Å². The number of piperazine rings is 1. The molecule has 0 saturated carbocycles. The Kier molecular flexibility index (Phi) is 7.09. The SMILES string of the molecule is O=C(NCCN1CCOCC1)N1CCN(CCc2ccccc2)CC1. The first-order chi connectivity index (χ1) is 12.3. The number of amides is 2. The number of nitrogens with zero attached hydrogens (tertiary/aromatic N) is 3. The second-order valence-electron chi connectivity index (χ2n) is 6.75. The number of urea groups is 1. The lowest BCUT2D eigenvalue weighted by atomic mass is 10.1. The molecule has 0 radical (unpaired) electrons. The second kappa shape index (κ2) is 9.75. The predicted octanol–water partition coefficient (Wildman–Crippen LogP) is 0.889. The normalized spacial score (nSPS) is 19.8.